The van der Waals surface area contributed by atoms with Crippen LogP contribution in [0.1, 0.15) is 25.0 Å². The minimum absolute atomic E-state index is 0.263. The lowest BCUT2D eigenvalue weighted by Gasteiger charge is -2.31. The molecule has 10 aromatic rings. The quantitative estimate of drug-likeness (QED) is 0.166. The highest BCUT2D eigenvalue weighted by Crippen LogP contribution is 2.59. The summed E-state index contributed by atoms with van der Waals surface area (Å²) in [5, 5.41) is 5.19. The number of fused-ring (bicyclic) bond motifs is 9. The van der Waals surface area contributed by atoms with Crippen LogP contribution in [-0.2, 0) is 5.41 Å². The topological polar surface area (TPSA) is 6.48 Å². The molecule has 0 atom stereocenters. The molecule has 0 amide bonds. The number of anilines is 6. The van der Waals surface area contributed by atoms with Crippen molar-refractivity contribution in [3.05, 3.63) is 217 Å². The fraction of sp³-hybridized carbons (Fsp3) is 0.0508. The van der Waals surface area contributed by atoms with E-state index in [9.17, 15) is 0 Å². The van der Waals surface area contributed by atoms with Gasteiger partial charge in [0.25, 0.3) is 0 Å². The number of hydrogen-bond acceptors (Lipinski definition) is 2. The summed E-state index contributed by atoms with van der Waals surface area (Å²) in [4.78, 5) is 4.95. The van der Waals surface area contributed by atoms with Gasteiger partial charge in [0.05, 0.1) is 11.4 Å². The summed E-state index contributed by atoms with van der Waals surface area (Å²) in [6, 6.07) is 76.6. The van der Waals surface area contributed by atoms with E-state index in [1.807, 2.05) is 0 Å². The Labute approximate surface area is 356 Å². The minimum atomic E-state index is -0.263. The molecule has 3 aliphatic carbocycles. The van der Waals surface area contributed by atoms with Crippen molar-refractivity contribution >= 4 is 55.7 Å². The van der Waals surface area contributed by atoms with Gasteiger partial charge in [0.2, 0.25) is 0 Å². The van der Waals surface area contributed by atoms with Gasteiger partial charge in [-0.25, -0.2) is 0 Å². The van der Waals surface area contributed by atoms with E-state index in [0.717, 1.165) is 22.7 Å². The van der Waals surface area contributed by atoms with E-state index in [1.165, 1.54) is 99.7 Å². The van der Waals surface area contributed by atoms with Crippen LogP contribution in [0.15, 0.2) is 206 Å². The summed E-state index contributed by atoms with van der Waals surface area (Å²) in [6.07, 6.45) is 0. The second kappa shape index (κ2) is 12.7. The highest BCUT2D eigenvalue weighted by atomic mass is 15.2. The molecule has 61 heavy (non-hydrogen) atoms. The number of benzene rings is 10. The average Bonchev–Trinajstić information content (AvgIpc) is 3.91. The summed E-state index contributed by atoms with van der Waals surface area (Å²) >= 11 is 0. The predicted octanol–water partition coefficient (Wildman–Crippen LogP) is 16.5. The number of nitrogens with zero attached hydrogens (tertiary/aromatic N) is 2. The van der Waals surface area contributed by atoms with Crippen LogP contribution in [0.5, 0.6) is 0 Å². The molecule has 0 fully saturated rings. The van der Waals surface area contributed by atoms with Crippen molar-refractivity contribution < 1.29 is 0 Å². The van der Waals surface area contributed by atoms with Crippen molar-refractivity contribution in [1.82, 2.24) is 0 Å². The Morgan fingerprint density at radius 2 is 0.705 bits per heavy atom. The Bertz CT molecular complexity index is 3280. The molecule has 13 rings (SSSR count). The monoisotopic (exact) mass is 776 g/mol. The molecule has 0 spiro atoms. The molecular weight excluding hydrogens is 737 g/mol. The summed E-state index contributed by atoms with van der Waals surface area (Å²) in [5.74, 6) is 0. The highest BCUT2D eigenvalue weighted by molar-refractivity contribution is 6.22. The molecule has 0 aliphatic heterocycles. The van der Waals surface area contributed by atoms with Gasteiger partial charge in [0, 0.05) is 39.3 Å². The fourth-order valence-corrected chi connectivity index (χ4v) is 11.0. The zero-order chi connectivity index (χ0) is 40.4. The largest absolute Gasteiger partial charge is 0.310 e. The third-order valence-electron chi connectivity index (χ3n) is 13.7. The summed E-state index contributed by atoms with van der Waals surface area (Å²) in [7, 11) is 0. The molecule has 0 bridgehead atoms. The van der Waals surface area contributed by atoms with Gasteiger partial charge in [-0.1, -0.05) is 159 Å². The lowest BCUT2D eigenvalue weighted by atomic mass is 9.82. The van der Waals surface area contributed by atoms with Crippen LogP contribution in [0.25, 0.3) is 77.2 Å². The van der Waals surface area contributed by atoms with Gasteiger partial charge in [-0.05, 0) is 138 Å². The van der Waals surface area contributed by atoms with Crippen molar-refractivity contribution in [2.75, 3.05) is 9.80 Å². The lowest BCUT2D eigenvalue weighted by Crippen LogP contribution is -2.18. The van der Waals surface area contributed by atoms with Crippen LogP contribution < -0.4 is 9.80 Å². The van der Waals surface area contributed by atoms with Crippen LogP contribution in [-0.4, -0.2) is 0 Å². The first-order valence-electron chi connectivity index (χ1n) is 21.4. The average molecular weight is 777 g/mol. The maximum absolute atomic E-state index is 2.58. The van der Waals surface area contributed by atoms with Gasteiger partial charge in [0.15, 0.2) is 0 Å². The maximum Gasteiger partial charge on any atom is 0.0547 e. The molecule has 0 N–H and O–H groups in total. The van der Waals surface area contributed by atoms with E-state index in [-0.39, 0.29) is 5.41 Å². The van der Waals surface area contributed by atoms with Crippen LogP contribution in [0, 0.1) is 0 Å². The molecular formula is C59H40N2. The molecule has 2 heteroatoms. The molecule has 2 nitrogen and oxygen atoms in total. The smallest absolute Gasteiger partial charge is 0.0547 e. The van der Waals surface area contributed by atoms with Gasteiger partial charge in [-0.3, -0.25) is 0 Å². The summed E-state index contributed by atoms with van der Waals surface area (Å²) in [5.41, 5.74) is 22.4. The molecule has 286 valence electrons. The SMILES string of the molecule is CC1(C)c2cc(N(c3ccccc3)c3ccccc3)ccc2-c2ccc(N(c3ccc4cccc5c4c3-c3ccccc3-5)c3ccc4cccc5c4c3-c3ccccc3-5)cc21. The van der Waals surface area contributed by atoms with Gasteiger partial charge < -0.3 is 9.80 Å². The zero-order valence-electron chi connectivity index (χ0n) is 34.0. The van der Waals surface area contributed by atoms with E-state index in [0.29, 0.717) is 0 Å². The second-order valence-electron chi connectivity index (χ2n) is 17.2. The predicted molar refractivity (Wildman–Crippen MR) is 257 cm³/mol. The Hall–Kier alpha value is -7.68. The molecule has 0 saturated heterocycles. The number of rotatable bonds is 6. The number of para-hydroxylation sites is 2. The first-order chi connectivity index (χ1) is 30.0. The van der Waals surface area contributed by atoms with Crippen molar-refractivity contribution in [2.24, 2.45) is 0 Å². The molecule has 0 radical (unpaired) electrons. The summed E-state index contributed by atoms with van der Waals surface area (Å²) in [6.45, 7) is 4.81. The van der Waals surface area contributed by atoms with E-state index in [4.69, 9.17) is 0 Å². The molecule has 3 aliphatic rings. The lowest BCUT2D eigenvalue weighted by molar-refractivity contribution is 0.660. The Morgan fingerprint density at radius 3 is 1.18 bits per heavy atom. The van der Waals surface area contributed by atoms with Crippen LogP contribution in [0.3, 0.4) is 0 Å². The Balaban J connectivity index is 1.04. The normalized spacial score (nSPS) is 13.2. The highest BCUT2D eigenvalue weighted by Gasteiger charge is 2.38. The molecule has 0 unspecified atom stereocenters. The third kappa shape index (κ3) is 4.79. The first kappa shape index (κ1) is 34.2. The maximum atomic E-state index is 2.58. The fourth-order valence-electron chi connectivity index (χ4n) is 11.0. The van der Waals surface area contributed by atoms with Crippen molar-refractivity contribution in [3.8, 4) is 55.6 Å². The van der Waals surface area contributed by atoms with E-state index >= 15 is 0 Å². The van der Waals surface area contributed by atoms with Crippen molar-refractivity contribution in [1.29, 1.82) is 0 Å². The Kier molecular flexibility index (Phi) is 7.10. The minimum Gasteiger partial charge on any atom is -0.310 e. The van der Waals surface area contributed by atoms with Crippen LogP contribution in [0.4, 0.5) is 34.1 Å². The van der Waals surface area contributed by atoms with Gasteiger partial charge in [-0.2, -0.15) is 0 Å². The number of hydrogen-bond donors (Lipinski definition) is 0. The molecule has 0 heterocycles. The third-order valence-corrected chi connectivity index (χ3v) is 13.7. The first-order valence-corrected chi connectivity index (χ1v) is 21.4. The van der Waals surface area contributed by atoms with Crippen molar-refractivity contribution in [2.45, 2.75) is 19.3 Å². The second-order valence-corrected chi connectivity index (χ2v) is 17.2. The van der Waals surface area contributed by atoms with Gasteiger partial charge >= 0.3 is 0 Å². The standard InChI is InChI=1S/C59H40N2/c1-59(2)51-35-41(60(39-17-5-3-6-18-39)40-19-7-4-8-20-40)29-31-45(51)46-32-30-42(36-52(46)59)61(53-33-27-37-15-13-25-47-43-21-9-11-23-49(43)57(53)55(37)47)54-34-28-38-16-14-26-48-44-22-10-12-24-50(44)58(54)56(38)48/h3-36H,1-2H3. The Morgan fingerprint density at radius 1 is 0.295 bits per heavy atom. The molecule has 0 aromatic heterocycles. The molecule has 10 aromatic carbocycles. The summed E-state index contributed by atoms with van der Waals surface area (Å²) < 4.78 is 0. The van der Waals surface area contributed by atoms with Gasteiger partial charge in [0.1, 0.15) is 0 Å². The van der Waals surface area contributed by atoms with Crippen LogP contribution >= 0.6 is 0 Å². The zero-order valence-corrected chi connectivity index (χ0v) is 34.0. The van der Waals surface area contributed by atoms with Crippen LogP contribution in [0.2, 0.25) is 0 Å². The van der Waals surface area contributed by atoms with E-state index in [1.54, 1.807) is 0 Å². The van der Waals surface area contributed by atoms with E-state index in [2.05, 4.69) is 230 Å². The van der Waals surface area contributed by atoms with E-state index < -0.39 is 0 Å². The van der Waals surface area contributed by atoms with Crippen molar-refractivity contribution in [3.63, 3.8) is 0 Å². The molecule has 0 saturated carbocycles. The van der Waals surface area contributed by atoms with Gasteiger partial charge in [-0.15, -0.1) is 0 Å².